The highest BCUT2D eigenvalue weighted by Gasteiger charge is 2.23. The first-order chi connectivity index (χ1) is 27.3. The predicted octanol–water partition coefficient (Wildman–Crippen LogP) is 12.0. The lowest BCUT2D eigenvalue weighted by molar-refractivity contribution is -0.147. The van der Waals surface area contributed by atoms with Crippen molar-refractivity contribution in [3.8, 4) is 0 Å². The number of carbonyl (C=O) groups is 2. The van der Waals surface area contributed by atoms with E-state index < -0.39 is 26.5 Å². The Morgan fingerprint density at radius 3 is 1.57 bits per heavy atom. The van der Waals surface area contributed by atoms with Crippen molar-refractivity contribution < 1.29 is 37.9 Å². The predicted molar refractivity (Wildman–Crippen MR) is 233 cm³/mol. The Kier molecular flexibility index (Phi) is 39.7. The van der Waals surface area contributed by atoms with E-state index in [2.05, 4.69) is 104 Å². The van der Waals surface area contributed by atoms with Crippen LogP contribution in [0, 0.1) is 0 Å². The summed E-state index contributed by atoms with van der Waals surface area (Å²) in [5, 5.41) is 12.7. The van der Waals surface area contributed by atoms with Crippen LogP contribution < -0.4 is 5.32 Å². The van der Waals surface area contributed by atoms with Crippen molar-refractivity contribution in [2.24, 2.45) is 0 Å². The number of amides is 1. The Morgan fingerprint density at radius 2 is 1.02 bits per heavy atom. The number of aliphatic hydroxyl groups is 1. The fourth-order valence-corrected chi connectivity index (χ4v) is 6.07. The Hall–Kier alpha value is -2.81. The fourth-order valence-electron chi connectivity index (χ4n) is 5.32. The zero-order valence-electron chi connectivity index (χ0n) is 35.0. The minimum Gasteiger partial charge on any atom is -0.463 e. The molecule has 0 saturated heterocycles. The van der Waals surface area contributed by atoms with Gasteiger partial charge in [0.25, 0.3) is 0 Å². The third-order valence-corrected chi connectivity index (χ3v) is 9.54. The summed E-state index contributed by atoms with van der Waals surface area (Å²) in [6.07, 6.45) is 52.3. The molecule has 56 heavy (non-hydrogen) atoms. The van der Waals surface area contributed by atoms with E-state index in [1.54, 1.807) is 0 Å². The number of phosphoric acid groups is 1. The van der Waals surface area contributed by atoms with Crippen LogP contribution in [0.3, 0.4) is 0 Å². The second-order valence-electron chi connectivity index (χ2n) is 13.9. The second kappa shape index (κ2) is 41.8. The standard InChI is InChI=1S/C46H78NO8P/c1-3-5-7-9-11-13-15-17-19-20-21-22-23-24-25-26-28-30-32-34-36-38-45(49)47-40-41-54-56(51,52)55-43-44(48)42-53-46(50)39-37-35-33-31-29-27-18-16-14-12-10-8-6-4-2/h5,7,11,13,16-19,21-22,24-25,28,30,44,48H,3-4,6,8-10,12,14-15,20,23,26-27,29,31-43H2,1-2H3,(H,47,49)(H,51,52)/b7-5-,13-11-,18-16-,19-17-,22-21-,25-24-,30-28-. The average molecular weight is 804 g/mol. The van der Waals surface area contributed by atoms with Crippen LogP contribution in [0.25, 0.3) is 0 Å². The van der Waals surface area contributed by atoms with Gasteiger partial charge >= 0.3 is 13.8 Å². The van der Waals surface area contributed by atoms with Gasteiger partial charge in [-0.05, 0) is 89.9 Å². The van der Waals surface area contributed by atoms with E-state index in [1.165, 1.54) is 38.5 Å². The fraction of sp³-hybridized carbons (Fsp3) is 0.652. The third-order valence-electron chi connectivity index (χ3n) is 8.56. The summed E-state index contributed by atoms with van der Waals surface area (Å²) < 4.78 is 26.8. The first-order valence-electron chi connectivity index (χ1n) is 21.6. The van der Waals surface area contributed by atoms with Gasteiger partial charge in [0.1, 0.15) is 12.7 Å². The minimum absolute atomic E-state index is 0.0519. The van der Waals surface area contributed by atoms with Crippen LogP contribution in [0.15, 0.2) is 85.1 Å². The van der Waals surface area contributed by atoms with Crippen LogP contribution in [0.2, 0.25) is 0 Å². The SMILES string of the molecule is CC/C=C\C/C=C\C/C=C\C/C=C\C/C=C\C/C=C\CCCCC(=O)NCCOP(=O)(O)OCC(O)COC(=O)CCCCCCC/C=C\CCCCCCC. The van der Waals surface area contributed by atoms with Gasteiger partial charge in [0, 0.05) is 19.4 Å². The number of aliphatic hydroxyl groups excluding tert-OH is 1. The largest absolute Gasteiger partial charge is 0.472 e. The van der Waals surface area contributed by atoms with Gasteiger partial charge in [-0.2, -0.15) is 0 Å². The first kappa shape index (κ1) is 53.2. The molecule has 1 amide bonds. The van der Waals surface area contributed by atoms with Gasteiger partial charge in [-0.1, -0.05) is 144 Å². The van der Waals surface area contributed by atoms with Crippen molar-refractivity contribution in [2.45, 2.75) is 168 Å². The maximum absolute atomic E-state index is 12.1. The van der Waals surface area contributed by atoms with E-state index in [9.17, 15) is 24.2 Å². The van der Waals surface area contributed by atoms with Crippen molar-refractivity contribution in [3.05, 3.63) is 85.1 Å². The molecule has 0 bridgehead atoms. The number of unbranched alkanes of at least 4 members (excludes halogenated alkanes) is 12. The second-order valence-corrected chi connectivity index (χ2v) is 15.4. The average Bonchev–Trinajstić information content (AvgIpc) is 3.18. The van der Waals surface area contributed by atoms with E-state index in [-0.39, 0.29) is 32.1 Å². The van der Waals surface area contributed by atoms with E-state index in [4.69, 9.17) is 13.8 Å². The molecular weight excluding hydrogens is 725 g/mol. The molecule has 0 aliphatic carbocycles. The Bertz CT molecular complexity index is 1190. The molecular formula is C46H78NO8P. The molecule has 0 spiro atoms. The molecule has 2 unspecified atom stereocenters. The van der Waals surface area contributed by atoms with Crippen molar-refractivity contribution in [1.29, 1.82) is 0 Å². The maximum atomic E-state index is 12.1. The van der Waals surface area contributed by atoms with Crippen LogP contribution >= 0.6 is 7.82 Å². The molecule has 0 aromatic carbocycles. The molecule has 3 N–H and O–H groups in total. The number of esters is 1. The van der Waals surface area contributed by atoms with Crippen molar-refractivity contribution in [1.82, 2.24) is 5.32 Å². The summed E-state index contributed by atoms with van der Waals surface area (Å²) in [6.45, 7) is 3.34. The minimum atomic E-state index is -4.44. The van der Waals surface area contributed by atoms with Crippen LogP contribution in [0.4, 0.5) is 0 Å². The van der Waals surface area contributed by atoms with Crippen LogP contribution in [0.5, 0.6) is 0 Å². The summed E-state index contributed by atoms with van der Waals surface area (Å²) >= 11 is 0. The Balaban J connectivity index is 3.72. The van der Waals surface area contributed by atoms with E-state index >= 15 is 0 Å². The summed E-state index contributed by atoms with van der Waals surface area (Å²) in [5.41, 5.74) is 0. The highest BCUT2D eigenvalue weighted by atomic mass is 31.2. The summed E-state index contributed by atoms with van der Waals surface area (Å²) in [4.78, 5) is 33.9. The van der Waals surface area contributed by atoms with Crippen molar-refractivity contribution >= 4 is 19.7 Å². The molecule has 0 aliphatic heterocycles. The van der Waals surface area contributed by atoms with E-state index in [0.717, 1.165) is 96.3 Å². The van der Waals surface area contributed by atoms with E-state index in [0.29, 0.717) is 6.42 Å². The molecule has 0 aliphatic rings. The van der Waals surface area contributed by atoms with Crippen molar-refractivity contribution in [3.63, 3.8) is 0 Å². The number of rotatable bonds is 39. The lowest BCUT2D eigenvalue weighted by Crippen LogP contribution is -2.27. The number of carbonyl (C=O) groups excluding carboxylic acids is 2. The summed E-state index contributed by atoms with van der Waals surface area (Å²) in [7, 11) is -4.44. The highest BCUT2D eigenvalue weighted by Crippen LogP contribution is 2.42. The number of ether oxygens (including phenoxy) is 1. The summed E-state index contributed by atoms with van der Waals surface area (Å²) in [5.74, 6) is -0.576. The molecule has 0 saturated carbocycles. The first-order valence-corrected chi connectivity index (χ1v) is 23.1. The van der Waals surface area contributed by atoms with Crippen LogP contribution in [-0.2, 0) is 27.9 Å². The number of hydrogen-bond acceptors (Lipinski definition) is 7. The zero-order valence-corrected chi connectivity index (χ0v) is 35.9. The Morgan fingerprint density at radius 1 is 0.571 bits per heavy atom. The van der Waals surface area contributed by atoms with Gasteiger partial charge in [-0.25, -0.2) is 4.57 Å². The molecule has 9 nitrogen and oxygen atoms in total. The van der Waals surface area contributed by atoms with Crippen LogP contribution in [0.1, 0.15) is 162 Å². The van der Waals surface area contributed by atoms with E-state index in [1.807, 2.05) is 0 Å². The van der Waals surface area contributed by atoms with Gasteiger partial charge in [-0.15, -0.1) is 0 Å². The molecule has 10 heteroatoms. The van der Waals surface area contributed by atoms with Crippen LogP contribution in [-0.4, -0.2) is 54.3 Å². The molecule has 0 heterocycles. The molecule has 320 valence electrons. The highest BCUT2D eigenvalue weighted by molar-refractivity contribution is 7.47. The summed E-state index contributed by atoms with van der Waals surface area (Å²) in [6, 6.07) is 0. The van der Waals surface area contributed by atoms with Gasteiger partial charge in [-0.3, -0.25) is 18.6 Å². The number of hydrogen-bond donors (Lipinski definition) is 3. The molecule has 0 aromatic heterocycles. The normalized spacial score (nSPS) is 14.1. The lowest BCUT2D eigenvalue weighted by Gasteiger charge is -2.15. The lowest BCUT2D eigenvalue weighted by atomic mass is 10.1. The van der Waals surface area contributed by atoms with Gasteiger partial charge < -0.3 is 20.1 Å². The number of allylic oxidation sites excluding steroid dienone is 14. The topological polar surface area (TPSA) is 131 Å². The number of phosphoric ester groups is 1. The number of nitrogens with one attached hydrogen (secondary N) is 1. The molecule has 2 atom stereocenters. The third kappa shape index (κ3) is 42.3. The quantitative estimate of drug-likeness (QED) is 0.0242. The molecule has 0 rings (SSSR count). The van der Waals surface area contributed by atoms with Gasteiger partial charge in [0.2, 0.25) is 5.91 Å². The zero-order chi connectivity index (χ0) is 41.1. The maximum Gasteiger partial charge on any atom is 0.472 e. The Labute approximate surface area is 341 Å². The smallest absolute Gasteiger partial charge is 0.463 e. The molecule has 0 radical (unpaired) electrons. The van der Waals surface area contributed by atoms with Gasteiger partial charge in [0.05, 0.1) is 13.2 Å². The van der Waals surface area contributed by atoms with Gasteiger partial charge in [0.15, 0.2) is 0 Å². The monoisotopic (exact) mass is 804 g/mol. The molecule has 0 fully saturated rings. The van der Waals surface area contributed by atoms with Crippen molar-refractivity contribution in [2.75, 3.05) is 26.4 Å². The molecule has 0 aromatic rings.